The summed E-state index contributed by atoms with van der Waals surface area (Å²) in [6, 6.07) is 4.48. The second kappa shape index (κ2) is 11.6. The third kappa shape index (κ3) is 5.98. The SMILES string of the molecule is CCCc1cnc(N2CCC([C@H]3Cc4cc(C5=CCN(S(=O)(=O)CCC)CC5)cc(I)c4O3)CC2)nc1. The molecule has 1 atom stereocenters. The Morgan fingerprint density at radius 1 is 1.08 bits per heavy atom. The molecule has 200 valence electrons. The molecule has 9 heteroatoms. The highest BCUT2D eigenvalue weighted by atomic mass is 127. The van der Waals surface area contributed by atoms with Crippen LogP contribution in [0.25, 0.3) is 5.57 Å². The number of ether oxygens (including phenoxy) is 1. The van der Waals surface area contributed by atoms with Crippen molar-refractivity contribution in [2.24, 2.45) is 5.92 Å². The first-order chi connectivity index (χ1) is 17.9. The van der Waals surface area contributed by atoms with Gasteiger partial charge < -0.3 is 9.64 Å². The van der Waals surface area contributed by atoms with E-state index < -0.39 is 10.0 Å². The molecule has 1 saturated heterocycles. The summed E-state index contributed by atoms with van der Waals surface area (Å²) in [5.41, 5.74) is 4.94. The monoisotopic (exact) mass is 636 g/mol. The van der Waals surface area contributed by atoms with Gasteiger partial charge in [-0.05, 0) is 95.0 Å². The van der Waals surface area contributed by atoms with Crippen LogP contribution in [0.5, 0.6) is 5.75 Å². The predicted molar refractivity (Wildman–Crippen MR) is 156 cm³/mol. The van der Waals surface area contributed by atoms with Crippen LogP contribution in [0, 0.1) is 9.49 Å². The number of hydrogen-bond acceptors (Lipinski definition) is 6. The lowest BCUT2D eigenvalue weighted by atomic mass is 9.88. The van der Waals surface area contributed by atoms with Gasteiger partial charge in [-0.15, -0.1) is 0 Å². The first-order valence-corrected chi connectivity index (χ1v) is 16.3. The van der Waals surface area contributed by atoms with E-state index in [0.29, 0.717) is 25.4 Å². The van der Waals surface area contributed by atoms with Crippen molar-refractivity contribution in [1.29, 1.82) is 0 Å². The second-order valence-corrected chi connectivity index (χ2v) is 13.7. The molecule has 2 aromatic rings. The first kappa shape index (κ1) is 26.9. The number of aryl methyl sites for hydroxylation is 1. The van der Waals surface area contributed by atoms with Crippen molar-refractivity contribution >= 4 is 44.1 Å². The molecular formula is C28H37IN4O3S. The summed E-state index contributed by atoms with van der Waals surface area (Å²) in [7, 11) is -3.15. The number of hydrogen-bond donors (Lipinski definition) is 0. The lowest BCUT2D eigenvalue weighted by Crippen LogP contribution is -2.40. The number of piperidine rings is 1. The van der Waals surface area contributed by atoms with Crippen LogP contribution in [-0.4, -0.2) is 60.7 Å². The van der Waals surface area contributed by atoms with Crippen molar-refractivity contribution in [2.45, 2.75) is 64.9 Å². The van der Waals surface area contributed by atoms with E-state index >= 15 is 0 Å². The number of fused-ring (bicyclic) bond motifs is 1. The molecule has 3 aliphatic heterocycles. The quantitative estimate of drug-likeness (QED) is 0.377. The maximum atomic E-state index is 12.4. The standard InChI is InChI=1S/C28H37IN4O3S/c1-3-5-20-18-30-28(31-19-20)32-10-6-22(7-11-32)26-17-24-15-23(16-25(29)27(24)36-26)21-8-12-33(13-9-21)37(34,35)14-4-2/h8,15-16,18-19,22,26H,3-7,9-14,17H2,1-2H3/t26-/m1/s1. The molecule has 3 aliphatic rings. The van der Waals surface area contributed by atoms with Crippen LogP contribution in [0.4, 0.5) is 5.95 Å². The fourth-order valence-electron chi connectivity index (χ4n) is 5.74. The molecule has 1 aromatic carbocycles. The Kier molecular flexibility index (Phi) is 8.40. The number of aromatic nitrogens is 2. The largest absolute Gasteiger partial charge is 0.488 e. The molecule has 37 heavy (non-hydrogen) atoms. The lowest BCUT2D eigenvalue weighted by molar-refractivity contribution is 0.138. The molecule has 4 heterocycles. The van der Waals surface area contributed by atoms with Gasteiger partial charge in [0, 0.05) is 45.0 Å². The van der Waals surface area contributed by atoms with E-state index in [1.54, 1.807) is 4.31 Å². The summed E-state index contributed by atoms with van der Waals surface area (Å²) in [5.74, 6) is 2.63. The number of sulfonamides is 1. The Labute approximate surface area is 234 Å². The second-order valence-electron chi connectivity index (χ2n) is 10.4. The zero-order valence-corrected chi connectivity index (χ0v) is 24.8. The van der Waals surface area contributed by atoms with E-state index in [-0.39, 0.29) is 11.9 Å². The van der Waals surface area contributed by atoms with E-state index in [0.717, 1.165) is 66.9 Å². The molecule has 5 rings (SSSR count). The molecule has 1 aromatic heterocycles. The van der Waals surface area contributed by atoms with Crippen LogP contribution in [0.3, 0.4) is 0 Å². The maximum absolute atomic E-state index is 12.4. The van der Waals surface area contributed by atoms with Crippen LogP contribution >= 0.6 is 22.6 Å². The van der Waals surface area contributed by atoms with Gasteiger partial charge in [-0.3, -0.25) is 0 Å². The van der Waals surface area contributed by atoms with Gasteiger partial charge in [0.25, 0.3) is 0 Å². The third-order valence-corrected chi connectivity index (χ3v) is 10.6. The van der Waals surface area contributed by atoms with Gasteiger partial charge in [0.2, 0.25) is 16.0 Å². The van der Waals surface area contributed by atoms with Gasteiger partial charge >= 0.3 is 0 Å². The van der Waals surface area contributed by atoms with Crippen molar-refractivity contribution in [1.82, 2.24) is 14.3 Å². The van der Waals surface area contributed by atoms with E-state index in [1.807, 2.05) is 19.3 Å². The lowest BCUT2D eigenvalue weighted by Gasteiger charge is -2.34. The minimum absolute atomic E-state index is 0.212. The van der Waals surface area contributed by atoms with Crippen LogP contribution in [0.2, 0.25) is 0 Å². The van der Waals surface area contributed by atoms with Crippen LogP contribution < -0.4 is 9.64 Å². The predicted octanol–water partition coefficient (Wildman–Crippen LogP) is 5.08. The van der Waals surface area contributed by atoms with Crippen molar-refractivity contribution < 1.29 is 13.2 Å². The number of nitrogens with zero attached hydrogens (tertiary/aromatic N) is 4. The van der Waals surface area contributed by atoms with Crippen LogP contribution in [0.1, 0.15) is 62.6 Å². The van der Waals surface area contributed by atoms with E-state index in [4.69, 9.17) is 4.74 Å². The Bertz CT molecular complexity index is 1240. The highest BCUT2D eigenvalue weighted by molar-refractivity contribution is 14.1. The van der Waals surface area contributed by atoms with Crippen LogP contribution in [-0.2, 0) is 22.9 Å². The zero-order valence-electron chi connectivity index (χ0n) is 21.8. The normalized spacial score (nSPS) is 21.0. The van der Waals surface area contributed by atoms with Gasteiger partial charge in [0.15, 0.2) is 0 Å². The fraction of sp³-hybridized carbons (Fsp3) is 0.571. The van der Waals surface area contributed by atoms with E-state index in [9.17, 15) is 8.42 Å². The van der Waals surface area contributed by atoms with Crippen LogP contribution in [0.15, 0.2) is 30.6 Å². The molecular weight excluding hydrogens is 599 g/mol. The molecule has 0 aliphatic carbocycles. The summed E-state index contributed by atoms with van der Waals surface area (Å²) in [6.07, 6.45) is 12.9. The molecule has 1 fully saturated rings. The minimum atomic E-state index is -3.15. The Hall–Kier alpha value is -1.72. The van der Waals surface area contributed by atoms with Gasteiger partial charge in [-0.1, -0.05) is 26.3 Å². The highest BCUT2D eigenvalue weighted by Gasteiger charge is 2.35. The average molecular weight is 637 g/mol. The summed E-state index contributed by atoms with van der Waals surface area (Å²) in [6.45, 7) is 7.03. The minimum Gasteiger partial charge on any atom is -0.488 e. The van der Waals surface area contributed by atoms with Gasteiger partial charge in [0.1, 0.15) is 11.9 Å². The fourth-order valence-corrected chi connectivity index (χ4v) is 8.00. The summed E-state index contributed by atoms with van der Waals surface area (Å²) < 4.78 is 34.2. The molecule has 0 amide bonds. The summed E-state index contributed by atoms with van der Waals surface area (Å²) in [4.78, 5) is 11.5. The Balaban J connectivity index is 1.20. The smallest absolute Gasteiger partial charge is 0.225 e. The van der Waals surface area contributed by atoms with E-state index in [2.05, 4.69) is 62.6 Å². The Morgan fingerprint density at radius 3 is 2.49 bits per heavy atom. The third-order valence-electron chi connectivity index (χ3n) is 7.79. The number of anilines is 1. The first-order valence-electron chi connectivity index (χ1n) is 13.6. The summed E-state index contributed by atoms with van der Waals surface area (Å²) in [5, 5.41) is 0. The molecule has 0 N–H and O–H groups in total. The van der Waals surface area contributed by atoms with Crippen molar-refractivity contribution in [3.05, 3.63) is 50.9 Å². The van der Waals surface area contributed by atoms with Crippen molar-refractivity contribution in [2.75, 3.05) is 36.8 Å². The van der Waals surface area contributed by atoms with Gasteiger partial charge in [-0.2, -0.15) is 4.31 Å². The van der Waals surface area contributed by atoms with E-state index in [1.165, 1.54) is 22.3 Å². The molecule has 0 radical (unpaired) electrons. The Morgan fingerprint density at radius 2 is 1.84 bits per heavy atom. The average Bonchev–Trinajstić information content (AvgIpc) is 3.35. The van der Waals surface area contributed by atoms with Gasteiger partial charge in [0.05, 0.1) is 9.32 Å². The molecule has 0 unspecified atom stereocenters. The topological polar surface area (TPSA) is 75.6 Å². The molecule has 0 saturated carbocycles. The molecule has 7 nitrogen and oxygen atoms in total. The van der Waals surface area contributed by atoms with Crippen molar-refractivity contribution in [3.8, 4) is 5.75 Å². The van der Waals surface area contributed by atoms with Crippen molar-refractivity contribution in [3.63, 3.8) is 0 Å². The maximum Gasteiger partial charge on any atom is 0.225 e. The zero-order chi connectivity index (χ0) is 26.0. The number of rotatable bonds is 8. The number of halogens is 1. The summed E-state index contributed by atoms with van der Waals surface area (Å²) >= 11 is 2.39. The number of benzene rings is 1. The molecule has 0 bridgehead atoms. The molecule has 0 spiro atoms. The van der Waals surface area contributed by atoms with Gasteiger partial charge in [-0.25, -0.2) is 18.4 Å². The highest BCUT2D eigenvalue weighted by Crippen LogP contribution is 2.41.